The van der Waals surface area contributed by atoms with E-state index < -0.39 is 23.9 Å². The zero-order chi connectivity index (χ0) is 25.5. The molecule has 0 fully saturated rings. The largest absolute Gasteiger partial charge is 0.481 e. The minimum absolute atomic E-state index is 0.00453. The summed E-state index contributed by atoms with van der Waals surface area (Å²) in [6, 6.07) is 10.2. The molecule has 11 heteroatoms. The third-order valence-electron chi connectivity index (χ3n) is 5.14. The first-order valence-electron chi connectivity index (χ1n) is 10.4. The van der Waals surface area contributed by atoms with Gasteiger partial charge in [-0.05, 0) is 60.0 Å². The summed E-state index contributed by atoms with van der Waals surface area (Å²) in [5, 5.41) is 20.7. The number of anilines is 1. The number of H-pyrrole nitrogens is 1. The summed E-state index contributed by atoms with van der Waals surface area (Å²) in [6.07, 6.45) is 4.91. The van der Waals surface area contributed by atoms with Gasteiger partial charge in [0.15, 0.2) is 0 Å². The van der Waals surface area contributed by atoms with Crippen LogP contribution in [0.2, 0.25) is 5.28 Å². The van der Waals surface area contributed by atoms with E-state index in [0.717, 1.165) is 5.56 Å². The van der Waals surface area contributed by atoms with Gasteiger partial charge in [-0.15, -0.1) is 6.42 Å². The molecular weight excluding hydrogens is 476 g/mol. The smallest absolute Gasteiger partial charge is 0.326 e. The van der Waals surface area contributed by atoms with Crippen LogP contribution in [0.3, 0.4) is 0 Å². The molecule has 1 unspecified atom stereocenters. The highest BCUT2D eigenvalue weighted by molar-refractivity contribution is 6.28. The minimum atomic E-state index is -1.32. The maximum absolute atomic E-state index is 12.5. The molecule has 0 aliphatic rings. The number of carbonyl (C=O) groups excluding carboxylic acids is 1. The predicted octanol–water partition coefficient (Wildman–Crippen LogP) is 2.26. The number of carbonyl (C=O) groups is 3. The molecule has 0 radical (unpaired) electrons. The number of carboxylic acid groups (broad SMARTS) is 2. The quantitative estimate of drug-likeness (QED) is 0.246. The molecule has 1 aromatic heterocycles. The lowest BCUT2D eigenvalue weighted by atomic mass is 10.1. The average molecular weight is 497 g/mol. The number of benzene rings is 2. The van der Waals surface area contributed by atoms with E-state index in [-0.39, 0.29) is 35.8 Å². The van der Waals surface area contributed by atoms with E-state index in [2.05, 4.69) is 21.2 Å². The number of amides is 1. The van der Waals surface area contributed by atoms with Crippen molar-refractivity contribution in [1.29, 1.82) is 0 Å². The molecule has 1 heterocycles. The van der Waals surface area contributed by atoms with Crippen LogP contribution in [0.15, 0.2) is 47.3 Å². The molecule has 0 saturated heterocycles. The van der Waals surface area contributed by atoms with Gasteiger partial charge in [0.2, 0.25) is 5.28 Å². The molecule has 0 bridgehead atoms. The highest BCUT2D eigenvalue weighted by atomic mass is 35.5. The fraction of sp³-hybridized carbons (Fsp3) is 0.208. The van der Waals surface area contributed by atoms with Crippen molar-refractivity contribution < 1.29 is 24.6 Å². The molecule has 1 atom stereocenters. The Kier molecular flexibility index (Phi) is 8.07. The highest BCUT2D eigenvalue weighted by Gasteiger charge is 2.21. The van der Waals surface area contributed by atoms with Crippen molar-refractivity contribution in [2.24, 2.45) is 0 Å². The van der Waals surface area contributed by atoms with Gasteiger partial charge in [-0.25, -0.2) is 9.78 Å². The molecule has 0 spiro atoms. The van der Waals surface area contributed by atoms with Crippen molar-refractivity contribution >= 4 is 46.0 Å². The third-order valence-corrected chi connectivity index (χ3v) is 5.32. The van der Waals surface area contributed by atoms with Crippen molar-refractivity contribution in [3.05, 3.63) is 69.2 Å². The number of rotatable bonds is 10. The number of terminal acetylenes is 1. The molecule has 10 nitrogen and oxygen atoms in total. The van der Waals surface area contributed by atoms with Gasteiger partial charge in [0.1, 0.15) is 6.04 Å². The van der Waals surface area contributed by atoms with Crippen LogP contribution in [0.1, 0.15) is 28.8 Å². The minimum Gasteiger partial charge on any atom is -0.481 e. The van der Waals surface area contributed by atoms with Crippen LogP contribution >= 0.6 is 11.6 Å². The second-order valence-corrected chi connectivity index (χ2v) is 7.97. The van der Waals surface area contributed by atoms with E-state index in [9.17, 15) is 24.3 Å². The van der Waals surface area contributed by atoms with Crippen LogP contribution in [0.4, 0.5) is 5.69 Å². The summed E-state index contributed by atoms with van der Waals surface area (Å²) in [5.74, 6) is -0.533. The summed E-state index contributed by atoms with van der Waals surface area (Å²) < 4.78 is 0. The molecule has 1 amide bonds. The first-order valence-corrected chi connectivity index (χ1v) is 10.8. The molecule has 4 N–H and O–H groups in total. The van der Waals surface area contributed by atoms with Crippen LogP contribution in [-0.4, -0.2) is 50.6 Å². The Morgan fingerprint density at radius 1 is 1.17 bits per heavy atom. The molecule has 180 valence electrons. The zero-order valence-corrected chi connectivity index (χ0v) is 19.1. The van der Waals surface area contributed by atoms with Crippen molar-refractivity contribution in [3.8, 4) is 12.3 Å². The summed E-state index contributed by atoms with van der Waals surface area (Å²) >= 11 is 5.80. The van der Waals surface area contributed by atoms with Crippen LogP contribution in [0.25, 0.3) is 10.9 Å². The predicted molar refractivity (Wildman–Crippen MR) is 129 cm³/mol. The van der Waals surface area contributed by atoms with Crippen LogP contribution in [0, 0.1) is 12.3 Å². The Morgan fingerprint density at radius 3 is 2.51 bits per heavy atom. The van der Waals surface area contributed by atoms with Gasteiger partial charge in [-0.3, -0.25) is 19.4 Å². The molecule has 3 aromatic rings. The molecule has 3 rings (SSSR count). The normalized spacial score (nSPS) is 11.4. The lowest BCUT2D eigenvalue weighted by Crippen LogP contribution is -2.41. The first-order chi connectivity index (χ1) is 16.7. The van der Waals surface area contributed by atoms with Crippen LogP contribution in [0.5, 0.6) is 0 Å². The van der Waals surface area contributed by atoms with Gasteiger partial charge < -0.3 is 20.4 Å². The molecule has 0 aliphatic carbocycles. The third kappa shape index (κ3) is 6.59. The lowest BCUT2D eigenvalue weighted by molar-refractivity contribution is -0.140. The van der Waals surface area contributed by atoms with Gasteiger partial charge in [0.25, 0.3) is 11.5 Å². The Balaban J connectivity index is 1.76. The fourth-order valence-electron chi connectivity index (χ4n) is 3.42. The van der Waals surface area contributed by atoms with Gasteiger partial charge in [-0.2, -0.15) is 0 Å². The standard InChI is InChI=1S/C24H21ClN4O6/c1-2-11-29(13-14-3-8-18-17(12-14)22(33)28-24(25)27-18)16-6-4-15(5-7-16)21(32)26-19(23(34)35)9-10-20(30)31/h1,3-8,12,19H,9-11,13H2,(H,26,32)(H,30,31)(H,34,35)(H,27,28,33). The average Bonchev–Trinajstić information content (AvgIpc) is 2.81. The van der Waals surface area contributed by atoms with E-state index in [4.69, 9.17) is 23.1 Å². The number of fused-ring (bicyclic) bond motifs is 1. The first kappa shape index (κ1) is 25.3. The number of nitrogens with one attached hydrogen (secondary N) is 2. The van der Waals surface area contributed by atoms with E-state index in [1.165, 1.54) is 12.1 Å². The maximum atomic E-state index is 12.5. The van der Waals surface area contributed by atoms with Gasteiger partial charge in [0.05, 0.1) is 17.4 Å². The van der Waals surface area contributed by atoms with E-state index >= 15 is 0 Å². The van der Waals surface area contributed by atoms with Crippen LogP contribution in [-0.2, 0) is 16.1 Å². The number of hydrogen-bond donors (Lipinski definition) is 4. The number of hydrogen-bond acceptors (Lipinski definition) is 6. The molecule has 35 heavy (non-hydrogen) atoms. The highest BCUT2D eigenvalue weighted by Crippen LogP contribution is 2.20. The summed E-state index contributed by atoms with van der Waals surface area (Å²) in [5.41, 5.74) is 1.81. The van der Waals surface area contributed by atoms with Crippen molar-refractivity contribution in [2.75, 3.05) is 11.4 Å². The Labute approximate surface area is 204 Å². The van der Waals surface area contributed by atoms with E-state index in [1.807, 2.05) is 4.90 Å². The van der Waals surface area contributed by atoms with E-state index in [0.29, 0.717) is 23.1 Å². The summed E-state index contributed by atoms with van der Waals surface area (Å²) in [4.78, 5) is 55.1. The number of aromatic amines is 1. The van der Waals surface area contributed by atoms with Gasteiger partial charge in [-0.1, -0.05) is 12.0 Å². The topological polar surface area (TPSA) is 153 Å². The fourth-order valence-corrected chi connectivity index (χ4v) is 3.59. The number of carboxylic acids is 2. The zero-order valence-electron chi connectivity index (χ0n) is 18.3. The molecule has 0 saturated carbocycles. The molecular formula is C24H21ClN4O6. The van der Waals surface area contributed by atoms with Crippen LogP contribution < -0.4 is 15.8 Å². The van der Waals surface area contributed by atoms with Gasteiger partial charge in [0, 0.05) is 24.2 Å². The lowest BCUT2D eigenvalue weighted by Gasteiger charge is -2.23. The maximum Gasteiger partial charge on any atom is 0.326 e. The number of aromatic nitrogens is 2. The Morgan fingerprint density at radius 2 is 1.89 bits per heavy atom. The summed E-state index contributed by atoms with van der Waals surface area (Å²) in [7, 11) is 0. The number of halogens is 1. The van der Waals surface area contributed by atoms with Gasteiger partial charge >= 0.3 is 11.9 Å². The number of nitrogens with zero attached hydrogens (tertiary/aromatic N) is 2. The Hall–Kier alpha value is -4.36. The summed E-state index contributed by atoms with van der Waals surface area (Å²) in [6.45, 7) is 0.610. The van der Waals surface area contributed by atoms with Crippen molar-refractivity contribution in [2.45, 2.75) is 25.4 Å². The number of aliphatic carboxylic acids is 2. The monoisotopic (exact) mass is 496 g/mol. The molecule has 2 aromatic carbocycles. The Bertz CT molecular complexity index is 1360. The SMILES string of the molecule is C#CCN(Cc1ccc2nc(Cl)[nH]c(=O)c2c1)c1ccc(C(=O)NC(CCC(=O)O)C(=O)O)cc1. The second-order valence-electron chi connectivity index (χ2n) is 7.61. The van der Waals surface area contributed by atoms with Crippen molar-refractivity contribution in [3.63, 3.8) is 0 Å². The molecule has 0 aliphatic heterocycles. The second kappa shape index (κ2) is 11.2. The van der Waals surface area contributed by atoms with Crippen molar-refractivity contribution in [1.82, 2.24) is 15.3 Å². The van der Waals surface area contributed by atoms with E-state index in [1.54, 1.807) is 30.3 Å².